The zero-order chi connectivity index (χ0) is 10.1. The van der Waals surface area contributed by atoms with Crippen LogP contribution in [0.1, 0.15) is 65.7 Å². The van der Waals surface area contributed by atoms with Crippen molar-refractivity contribution >= 4 is 0 Å². The van der Waals surface area contributed by atoms with E-state index in [1.54, 1.807) is 0 Å². The first-order chi connectivity index (χ1) is 6.20. The van der Waals surface area contributed by atoms with Gasteiger partial charge in [0.25, 0.3) is 0 Å². The molecule has 0 N–H and O–H groups in total. The van der Waals surface area contributed by atoms with Gasteiger partial charge in [-0.25, -0.2) is 0 Å². The van der Waals surface area contributed by atoms with E-state index in [-0.39, 0.29) is 40.1 Å². The Bertz CT molecular complexity index is 102. The van der Waals surface area contributed by atoms with Crippen LogP contribution in [-0.4, -0.2) is 0 Å². The van der Waals surface area contributed by atoms with Gasteiger partial charge in [0.05, 0.1) is 0 Å². The van der Waals surface area contributed by atoms with Crippen LogP contribution in [0, 0.1) is 26.2 Å². The Morgan fingerprint density at radius 1 is 1.00 bits per heavy atom. The summed E-state index contributed by atoms with van der Waals surface area (Å²) in [5.74, 6) is 1.85. The molecule has 0 nitrogen and oxygen atoms in total. The minimum Gasteiger partial charge on any atom is -0.358 e. The Balaban J connectivity index is -0.000000720. The summed E-state index contributed by atoms with van der Waals surface area (Å²) in [6, 6.07) is 0. The predicted molar refractivity (Wildman–Crippen MR) is 68.1 cm³/mol. The van der Waals surface area contributed by atoms with Crippen molar-refractivity contribution in [2.45, 2.75) is 65.7 Å². The second-order valence-corrected chi connectivity index (χ2v) is 4.56. The summed E-state index contributed by atoms with van der Waals surface area (Å²) in [7, 11) is 0. The molecule has 1 radical (unpaired) electrons. The van der Waals surface area contributed by atoms with Gasteiger partial charge < -0.3 is 14.4 Å². The predicted octanol–water partition coefficient (Wildman–Crippen LogP) is 5.29. The second-order valence-electron chi connectivity index (χ2n) is 4.56. The Hall–Kier alpha value is 1.10. The molecule has 91 valence electrons. The fourth-order valence-electron chi connectivity index (χ4n) is 1.82. The van der Waals surface area contributed by atoms with Crippen molar-refractivity contribution in [3.8, 4) is 0 Å². The van der Waals surface area contributed by atoms with Crippen LogP contribution in [0.15, 0.2) is 0 Å². The molecule has 0 aromatic carbocycles. The van der Waals surface area contributed by atoms with Crippen molar-refractivity contribution in [1.82, 2.24) is 0 Å². The van der Waals surface area contributed by atoms with E-state index in [0.29, 0.717) is 0 Å². The van der Waals surface area contributed by atoms with Gasteiger partial charge >= 0.3 is 0 Å². The minimum absolute atomic E-state index is 0. The molecule has 0 aliphatic heterocycles. The van der Waals surface area contributed by atoms with Gasteiger partial charge in [-0.3, -0.25) is 0 Å². The van der Waals surface area contributed by atoms with Crippen LogP contribution in [0.25, 0.3) is 0 Å². The summed E-state index contributed by atoms with van der Waals surface area (Å²) in [5.41, 5.74) is 0. The van der Waals surface area contributed by atoms with E-state index in [1.165, 1.54) is 38.5 Å². The van der Waals surface area contributed by atoms with E-state index in [4.69, 9.17) is 0 Å². The maximum Gasteiger partial charge on any atom is 0 e. The van der Waals surface area contributed by atoms with Gasteiger partial charge in [-0.05, 0) is 18.3 Å². The number of unbranched alkanes of at least 4 members (excludes halogenated alkanes) is 3. The van der Waals surface area contributed by atoms with Crippen LogP contribution in [0.5, 0.6) is 0 Å². The molecular weight excluding hydrogens is 257 g/mol. The van der Waals surface area contributed by atoms with E-state index in [2.05, 4.69) is 27.7 Å². The van der Waals surface area contributed by atoms with Gasteiger partial charge in [0.15, 0.2) is 0 Å². The van der Waals surface area contributed by atoms with Crippen LogP contribution >= 0.6 is 0 Å². The summed E-state index contributed by atoms with van der Waals surface area (Å²) in [6.07, 6.45) is 9.39. The standard InChI is InChI=1S/C13H27.CH3.Y/c1-5-7-8-9-10-13(4)11-12(3)6-2;;/h12-13H,1,5-11H2,2-4H3;1H3;/q2*-1;. The number of hydrogen-bond donors (Lipinski definition) is 0. The van der Waals surface area contributed by atoms with E-state index in [1.807, 2.05) is 0 Å². The summed E-state index contributed by atoms with van der Waals surface area (Å²) in [6.45, 7) is 10.9. The van der Waals surface area contributed by atoms with E-state index >= 15 is 0 Å². The van der Waals surface area contributed by atoms with Gasteiger partial charge in [-0.1, -0.05) is 52.9 Å². The van der Waals surface area contributed by atoms with Crippen molar-refractivity contribution in [3.63, 3.8) is 0 Å². The Labute approximate surface area is 124 Å². The molecule has 0 fully saturated rings. The third-order valence-electron chi connectivity index (χ3n) is 2.95. The summed E-state index contributed by atoms with van der Waals surface area (Å²) in [5, 5.41) is 0. The Morgan fingerprint density at radius 3 is 2.07 bits per heavy atom. The normalized spacial score (nSPS) is 13.6. The smallest absolute Gasteiger partial charge is 0 e. The van der Waals surface area contributed by atoms with E-state index in [0.717, 1.165) is 18.3 Å². The van der Waals surface area contributed by atoms with Gasteiger partial charge in [0.2, 0.25) is 0 Å². The Morgan fingerprint density at radius 2 is 1.60 bits per heavy atom. The van der Waals surface area contributed by atoms with E-state index < -0.39 is 0 Å². The molecule has 0 heterocycles. The van der Waals surface area contributed by atoms with Gasteiger partial charge in [-0.15, -0.1) is 0 Å². The zero-order valence-electron chi connectivity index (χ0n) is 11.4. The molecule has 2 atom stereocenters. The second kappa shape index (κ2) is 15.1. The summed E-state index contributed by atoms with van der Waals surface area (Å²) >= 11 is 0. The maximum absolute atomic E-state index is 3.86. The van der Waals surface area contributed by atoms with Crippen molar-refractivity contribution in [2.75, 3.05) is 0 Å². The Kier molecular flexibility index (Phi) is 21.5. The largest absolute Gasteiger partial charge is 0.358 e. The molecular formula is C14H30Y-2. The fraction of sp³-hybridized carbons (Fsp3) is 0.857. The third kappa shape index (κ3) is 15.1. The minimum atomic E-state index is 0. The third-order valence-corrected chi connectivity index (χ3v) is 2.95. The number of rotatable bonds is 8. The SMILES string of the molecule is [CH2-]CCCCCC(C)CC(C)CC.[CH3-].[Y]. The van der Waals surface area contributed by atoms with Crippen LogP contribution in [0.3, 0.4) is 0 Å². The average Bonchev–Trinajstić information content (AvgIpc) is 2.12. The van der Waals surface area contributed by atoms with Gasteiger partial charge in [0, 0.05) is 32.7 Å². The van der Waals surface area contributed by atoms with Crippen molar-refractivity contribution < 1.29 is 32.7 Å². The van der Waals surface area contributed by atoms with E-state index in [9.17, 15) is 0 Å². The van der Waals surface area contributed by atoms with Crippen LogP contribution in [0.2, 0.25) is 0 Å². The number of hydrogen-bond acceptors (Lipinski definition) is 0. The van der Waals surface area contributed by atoms with Crippen LogP contribution < -0.4 is 0 Å². The molecule has 0 spiro atoms. The van der Waals surface area contributed by atoms with Gasteiger partial charge in [0.1, 0.15) is 0 Å². The van der Waals surface area contributed by atoms with Crippen molar-refractivity contribution in [1.29, 1.82) is 0 Å². The molecule has 0 aliphatic carbocycles. The summed E-state index contributed by atoms with van der Waals surface area (Å²) in [4.78, 5) is 0. The van der Waals surface area contributed by atoms with Crippen LogP contribution in [0.4, 0.5) is 0 Å². The van der Waals surface area contributed by atoms with Crippen molar-refractivity contribution in [2.24, 2.45) is 11.8 Å². The molecule has 0 aliphatic rings. The first-order valence-electron chi connectivity index (χ1n) is 5.99. The topological polar surface area (TPSA) is 0 Å². The fourth-order valence-corrected chi connectivity index (χ4v) is 1.82. The first kappa shape index (κ1) is 21.4. The van der Waals surface area contributed by atoms with Gasteiger partial charge in [-0.2, -0.15) is 6.42 Å². The zero-order valence-corrected chi connectivity index (χ0v) is 14.2. The monoisotopic (exact) mass is 287 g/mol. The first-order valence-corrected chi connectivity index (χ1v) is 5.99. The molecule has 0 saturated heterocycles. The molecule has 2 unspecified atom stereocenters. The quantitative estimate of drug-likeness (QED) is 0.420. The molecule has 0 rings (SSSR count). The van der Waals surface area contributed by atoms with Crippen molar-refractivity contribution in [3.05, 3.63) is 14.4 Å². The molecule has 1 heteroatoms. The molecule has 0 saturated carbocycles. The average molecular weight is 287 g/mol. The molecule has 0 bridgehead atoms. The molecule has 15 heavy (non-hydrogen) atoms. The molecule has 0 amide bonds. The summed E-state index contributed by atoms with van der Waals surface area (Å²) < 4.78 is 0. The van der Waals surface area contributed by atoms with Crippen LogP contribution in [-0.2, 0) is 32.7 Å². The molecule has 0 aromatic rings. The molecule has 0 aromatic heterocycles. The maximum atomic E-state index is 3.86.